The maximum atomic E-state index is 12.7. The van der Waals surface area contributed by atoms with E-state index in [1.165, 1.54) is 24.8 Å². The van der Waals surface area contributed by atoms with Crippen LogP contribution >= 0.6 is 0 Å². The van der Waals surface area contributed by atoms with Gasteiger partial charge >= 0.3 is 0 Å². The van der Waals surface area contributed by atoms with Gasteiger partial charge in [-0.15, -0.1) is 0 Å². The van der Waals surface area contributed by atoms with Crippen molar-refractivity contribution in [3.05, 3.63) is 72.8 Å². The zero-order chi connectivity index (χ0) is 28.5. The lowest BCUT2D eigenvalue weighted by molar-refractivity contribution is -0.110. The summed E-state index contributed by atoms with van der Waals surface area (Å²) >= 11 is 0. The maximum Gasteiger partial charge on any atom is 0.278 e. The number of rotatable bonds is 11. The van der Waals surface area contributed by atoms with Crippen LogP contribution < -0.4 is 24.8 Å². The van der Waals surface area contributed by atoms with Gasteiger partial charge in [0.1, 0.15) is 29.2 Å². The summed E-state index contributed by atoms with van der Waals surface area (Å²) in [5, 5.41) is 23.3. The lowest BCUT2D eigenvalue weighted by atomic mass is 10.2. The van der Waals surface area contributed by atoms with E-state index in [4.69, 9.17) is 29.6 Å². The molecule has 4 rings (SSSR count). The summed E-state index contributed by atoms with van der Waals surface area (Å²) in [6.07, 6.45) is 7.05. The Morgan fingerprint density at radius 1 is 1.05 bits per heavy atom. The molecule has 0 bridgehead atoms. The molecule has 0 spiro atoms. The fourth-order valence-electron chi connectivity index (χ4n) is 3.44. The van der Waals surface area contributed by atoms with Crippen molar-refractivity contribution < 1.29 is 23.7 Å². The van der Waals surface area contributed by atoms with Crippen molar-refractivity contribution >= 4 is 34.2 Å². The third-order valence-electron chi connectivity index (χ3n) is 5.29. The van der Waals surface area contributed by atoms with E-state index in [2.05, 4.69) is 30.6 Å². The number of benzene rings is 1. The Balaban J connectivity index is 1.45. The number of pyridine rings is 2. The van der Waals surface area contributed by atoms with Crippen LogP contribution in [0.15, 0.2) is 67.1 Å². The van der Waals surface area contributed by atoms with Crippen LogP contribution in [0, 0.1) is 16.7 Å². The smallest absolute Gasteiger partial charge is 0.278 e. The number of methoxy groups -OCH3 is 2. The molecule has 3 heterocycles. The van der Waals surface area contributed by atoms with Crippen molar-refractivity contribution in [2.24, 2.45) is 0 Å². The number of fused-ring (bicyclic) bond motifs is 1. The molecule has 0 aliphatic carbocycles. The lowest BCUT2D eigenvalue weighted by Crippen LogP contribution is -2.25. The number of nitrogens with zero attached hydrogens (tertiary/aromatic N) is 5. The first kappa shape index (κ1) is 27.3. The van der Waals surface area contributed by atoms with Crippen molar-refractivity contribution in [2.75, 3.05) is 31.5 Å². The zero-order valence-corrected chi connectivity index (χ0v) is 21.8. The molecule has 3 aromatic heterocycles. The van der Waals surface area contributed by atoms with E-state index in [0.29, 0.717) is 33.9 Å². The number of aromatic nitrogens is 4. The van der Waals surface area contributed by atoms with Gasteiger partial charge in [-0.3, -0.25) is 20.2 Å². The highest BCUT2D eigenvalue weighted by Crippen LogP contribution is 2.36. The van der Waals surface area contributed by atoms with Gasteiger partial charge in [-0.2, -0.15) is 5.26 Å². The average Bonchev–Trinajstić information content (AvgIpc) is 2.99. The van der Waals surface area contributed by atoms with Gasteiger partial charge in [0.25, 0.3) is 5.91 Å². The van der Waals surface area contributed by atoms with Gasteiger partial charge in [0, 0.05) is 23.8 Å². The summed E-state index contributed by atoms with van der Waals surface area (Å²) in [4.78, 5) is 29.2. The first-order valence-corrected chi connectivity index (χ1v) is 11.8. The Hall–Kier alpha value is -5.77. The standard InChI is InChI=1S/C27H24N8O5/c1-4-39-23(14-33-25-15-30-12-16(11-28)34-25)26(29)27(36)35-24-6-5-17(13-32-24)40-20-7-8-31-19-10-22(38-3)21(37-2)9-18(19)20/h5-10,12-15,29H,4H2,1-3H3,(H,33,34)(H,32,35,36)/b23-14+,29-26?. The van der Waals surface area contributed by atoms with Crippen LogP contribution in [0.3, 0.4) is 0 Å². The molecule has 202 valence electrons. The lowest BCUT2D eigenvalue weighted by Gasteiger charge is -2.13. The van der Waals surface area contributed by atoms with Crippen LogP contribution in [0.1, 0.15) is 12.6 Å². The highest BCUT2D eigenvalue weighted by molar-refractivity contribution is 6.47. The molecule has 13 heteroatoms. The van der Waals surface area contributed by atoms with E-state index in [1.807, 2.05) is 6.07 Å². The Morgan fingerprint density at radius 2 is 1.85 bits per heavy atom. The monoisotopic (exact) mass is 540 g/mol. The zero-order valence-electron chi connectivity index (χ0n) is 21.8. The maximum absolute atomic E-state index is 12.7. The summed E-state index contributed by atoms with van der Waals surface area (Å²) in [5.74, 6) is 1.68. The molecular weight excluding hydrogens is 516 g/mol. The number of amides is 1. The van der Waals surface area contributed by atoms with Crippen LogP contribution in [0.4, 0.5) is 11.6 Å². The Labute approximate surface area is 228 Å². The number of carbonyl (C=O) groups excluding carboxylic acids is 1. The molecule has 0 saturated heterocycles. The minimum absolute atomic E-state index is 0.0410. The fourth-order valence-corrected chi connectivity index (χ4v) is 3.44. The molecule has 40 heavy (non-hydrogen) atoms. The van der Waals surface area contributed by atoms with E-state index in [1.54, 1.807) is 57.7 Å². The predicted molar refractivity (Wildman–Crippen MR) is 146 cm³/mol. The Kier molecular flexibility index (Phi) is 8.63. The minimum atomic E-state index is -0.749. The third-order valence-corrected chi connectivity index (χ3v) is 5.29. The predicted octanol–water partition coefficient (Wildman–Crippen LogP) is 4.05. The molecule has 13 nitrogen and oxygen atoms in total. The molecule has 1 aromatic carbocycles. The molecule has 0 aliphatic heterocycles. The van der Waals surface area contributed by atoms with E-state index in [0.717, 1.165) is 0 Å². The summed E-state index contributed by atoms with van der Waals surface area (Å²) in [6.45, 7) is 1.92. The topological polar surface area (TPSA) is 177 Å². The number of nitriles is 1. The first-order valence-electron chi connectivity index (χ1n) is 11.8. The molecule has 0 radical (unpaired) electrons. The largest absolute Gasteiger partial charge is 0.493 e. The molecule has 3 N–H and O–H groups in total. The first-order chi connectivity index (χ1) is 19.4. The van der Waals surface area contributed by atoms with Crippen LogP contribution in [0.25, 0.3) is 10.9 Å². The summed E-state index contributed by atoms with van der Waals surface area (Å²) in [5.41, 5.74) is 0.316. The Morgan fingerprint density at radius 3 is 2.55 bits per heavy atom. The van der Waals surface area contributed by atoms with Crippen molar-refractivity contribution in [3.8, 4) is 29.1 Å². The molecule has 0 saturated carbocycles. The second kappa shape index (κ2) is 12.7. The number of hydrogen-bond acceptors (Lipinski definition) is 12. The van der Waals surface area contributed by atoms with Gasteiger partial charge in [-0.25, -0.2) is 9.97 Å². The van der Waals surface area contributed by atoms with Crippen LogP contribution in [0.2, 0.25) is 0 Å². The van der Waals surface area contributed by atoms with Crippen molar-refractivity contribution in [1.29, 1.82) is 10.7 Å². The van der Waals surface area contributed by atoms with Crippen molar-refractivity contribution in [2.45, 2.75) is 6.92 Å². The van der Waals surface area contributed by atoms with Crippen LogP contribution in [-0.2, 0) is 9.53 Å². The normalized spacial score (nSPS) is 10.8. The number of anilines is 2. The summed E-state index contributed by atoms with van der Waals surface area (Å²) in [6, 6.07) is 10.3. The molecule has 0 unspecified atom stereocenters. The van der Waals surface area contributed by atoms with Crippen molar-refractivity contribution in [1.82, 2.24) is 19.9 Å². The van der Waals surface area contributed by atoms with Gasteiger partial charge in [-0.05, 0) is 31.2 Å². The second-order valence-corrected chi connectivity index (χ2v) is 7.83. The minimum Gasteiger partial charge on any atom is -0.493 e. The third kappa shape index (κ3) is 6.37. The van der Waals surface area contributed by atoms with E-state index in [9.17, 15) is 4.79 Å². The molecular formula is C27H24N8O5. The quantitative estimate of drug-likeness (QED) is 0.185. The van der Waals surface area contributed by atoms with Gasteiger partial charge < -0.3 is 29.6 Å². The summed E-state index contributed by atoms with van der Waals surface area (Å²) in [7, 11) is 3.10. The highest BCUT2D eigenvalue weighted by Gasteiger charge is 2.17. The van der Waals surface area contributed by atoms with Crippen molar-refractivity contribution in [3.63, 3.8) is 0 Å². The molecule has 0 atom stereocenters. The molecule has 0 fully saturated rings. The average molecular weight is 541 g/mol. The molecule has 0 aliphatic rings. The molecule has 4 aromatic rings. The fraction of sp³-hybridized carbons (Fsp3) is 0.148. The number of ether oxygens (including phenoxy) is 4. The van der Waals surface area contributed by atoms with E-state index < -0.39 is 11.6 Å². The van der Waals surface area contributed by atoms with Gasteiger partial charge in [-0.1, -0.05) is 0 Å². The number of carbonyl (C=O) groups is 1. The van der Waals surface area contributed by atoms with Crippen LogP contribution in [0.5, 0.6) is 23.0 Å². The second-order valence-electron chi connectivity index (χ2n) is 7.83. The summed E-state index contributed by atoms with van der Waals surface area (Å²) < 4.78 is 22.2. The SMILES string of the molecule is CCO/C(=C/Nc1cncc(C#N)n1)C(=N)C(=O)Nc1ccc(Oc2ccnc3cc(OC)c(OC)cc23)cn1. The van der Waals surface area contributed by atoms with Gasteiger partial charge in [0.15, 0.2) is 28.7 Å². The van der Waals surface area contributed by atoms with Gasteiger partial charge in [0.05, 0.1) is 44.9 Å². The van der Waals surface area contributed by atoms with Crippen LogP contribution in [-0.4, -0.2) is 52.4 Å². The molecule has 1 amide bonds. The highest BCUT2D eigenvalue weighted by atomic mass is 16.5. The van der Waals surface area contributed by atoms with Gasteiger partial charge in [0.2, 0.25) is 0 Å². The van der Waals surface area contributed by atoms with E-state index >= 15 is 0 Å². The van der Waals surface area contributed by atoms with E-state index in [-0.39, 0.29) is 29.7 Å². The Bertz CT molecular complexity index is 1620. The number of nitrogens with one attached hydrogen (secondary N) is 3. The number of hydrogen-bond donors (Lipinski definition) is 3.